The summed E-state index contributed by atoms with van der Waals surface area (Å²) < 4.78 is 10.3. The third-order valence-corrected chi connectivity index (χ3v) is 2.97. The van der Waals surface area contributed by atoms with Gasteiger partial charge in [0.05, 0.1) is 12.6 Å². The minimum absolute atomic E-state index is 0. The molecule has 1 fully saturated rings. The molecule has 0 unspecified atom stereocenters. The maximum Gasteiger partial charge on any atom is 0.247 e. The first-order chi connectivity index (χ1) is 8.21. The topological polar surface area (TPSA) is 74.2 Å². The highest BCUT2D eigenvalue weighted by atomic mass is 35.5. The summed E-state index contributed by atoms with van der Waals surface area (Å²) in [6, 6.07) is 7.54. The summed E-state index contributed by atoms with van der Waals surface area (Å²) in [6.07, 6.45) is 1.82. The molecule has 6 heteroatoms. The highest BCUT2D eigenvalue weighted by molar-refractivity contribution is 5.85. The Labute approximate surface area is 111 Å². The largest absolute Gasteiger partial charge is 0.497 e. The van der Waals surface area contributed by atoms with Gasteiger partial charge in [-0.15, -0.1) is 12.4 Å². The second kappa shape index (κ2) is 4.59. The minimum atomic E-state index is -0.385. The van der Waals surface area contributed by atoms with E-state index >= 15 is 0 Å². The second-order valence-electron chi connectivity index (χ2n) is 4.31. The van der Waals surface area contributed by atoms with Gasteiger partial charge in [-0.3, -0.25) is 0 Å². The third kappa shape index (κ3) is 2.19. The van der Waals surface area contributed by atoms with Crippen LogP contribution >= 0.6 is 12.4 Å². The number of hydrogen-bond acceptors (Lipinski definition) is 5. The summed E-state index contributed by atoms with van der Waals surface area (Å²) in [5, 5.41) is 3.95. The molecule has 18 heavy (non-hydrogen) atoms. The zero-order valence-corrected chi connectivity index (χ0v) is 10.7. The van der Waals surface area contributed by atoms with Gasteiger partial charge in [-0.2, -0.15) is 4.98 Å². The fraction of sp³-hybridized carbons (Fsp3) is 0.333. The third-order valence-electron chi connectivity index (χ3n) is 2.97. The fourth-order valence-corrected chi connectivity index (χ4v) is 1.65. The Hall–Kier alpha value is -1.59. The van der Waals surface area contributed by atoms with Crippen LogP contribution in [0.15, 0.2) is 28.8 Å². The van der Waals surface area contributed by atoms with Gasteiger partial charge in [0.25, 0.3) is 0 Å². The molecule has 0 radical (unpaired) electrons. The van der Waals surface area contributed by atoms with E-state index in [-0.39, 0.29) is 17.9 Å². The Kier molecular flexibility index (Phi) is 3.28. The van der Waals surface area contributed by atoms with E-state index in [9.17, 15) is 0 Å². The molecule has 1 aromatic heterocycles. The quantitative estimate of drug-likeness (QED) is 0.922. The minimum Gasteiger partial charge on any atom is -0.497 e. The molecule has 96 valence electrons. The van der Waals surface area contributed by atoms with E-state index < -0.39 is 0 Å². The molecule has 0 aliphatic heterocycles. The summed E-state index contributed by atoms with van der Waals surface area (Å²) in [5.41, 5.74) is 6.47. The molecule has 2 aromatic rings. The van der Waals surface area contributed by atoms with Crippen LogP contribution in [0.3, 0.4) is 0 Å². The fourth-order valence-electron chi connectivity index (χ4n) is 1.65. The lowest BCUT2D eigenvalue weighted by molar-refractivity contribution is 0.348. The van der Waals surface area contributed by atoms with E-state index in [1.807, 2.05) is 24.3 Å². The molecule has 0 spiro atoms. The molecule has 1 saturated carbocycles. The van der Waals surface area contributed by atoms with Crippen molar-refractivity contribution < 1.29 is 9.26 Å². The van der Waals surface area contributed by atoms with Crippen molar-refractivity contribution in [3.63, 3.8) is 0 Å². The molecule has 0 saturated heterocycles. The van der Waals surface area contributed by atoms with Crippen molar-refractivity contribution in [2.45, 2.75) is 18.4 Å². The van der Waals surface area contributed by atoms with E-state index in [1.165, 1.54) is 0 Å². The standard InChI is InChI=1S/C12H13N3O2.ClH/c1-16-9-4-2-3-8(7-9)10-14-11(17-15-10)12(13)5-6-12;/h2-4,7H,5-6,13H2,1H3;1H. The summed E-state index contributed by atoms with van der Waals surface area (Å²) in [5.74, 6) is 1.84. The van der Waals surface area contributed by atoms with Crippen LogP contribution in [0, 0.1) is 0 Å². The van der Waals surface area contributed by atoms with Gasteiger partial charge in [0.2, 0.25) is 11.7 Å². The van der Waals surface area contributed by atoms with E-state index in [1.54, 1.807) is 7.11 Å². The monoisotopic (exact) mass is 267 g/mol. The number of nitrogens with two attached hydrogens (primary N) is 1. The lowest BCUT2D eigenvalue weighted by Gasteiger charge is -2.00. The van der Waals surface area contributed by atoms with E-state index in [2.05, 4.69) is 10.1 Å². The molecule has 2 N–H and O–H groups in total. The van der Waals surface area contributed by atoms with Crippen LogP contribution in [-0.4, -0.2) is 17.3 Å². The van der Waals surface area contributed by atoms with Crippen LogP contribution in [-0.2, 0) is 5.54 Å². The SMILES string of the molecule is COc1cccc(-c2noc(C3(N)CC3)n2)c1.Cl. The van der Waals surface area contributed by atoms with Crippen LogP contribution in [0.5, 0.6) is 5.75 Å². The van der Waals surface area contributed by atoms with Gasteiger partial charge in [-0.05, 0) is 25.0 Å². The Morgan fingerprint density at radius 2 is 2.17 bits per heavy atom. The average molecular weight is 268 g/mol. The molecule has 5 nitrogen and oxygen atoms in total. The first-order valence-corrected chi connectivity index (χ1v) is 5.49. The molecule has 1 aliphatic carbocycles. The normalized spacial score (nSPS) is 15.9. The molecule has 1 aromatic carbocycles. The van der Waals surface area contributed by atoms with Gasteiger partial charge in [0.15, 0.2) is 0 Å². The number of ether oxygens (including phenoxy) is 1. The van der Waals surface area contributed by atoms with E-state index in [0.29, 0.717) is 11.7 Å². The average Bonchev–Trinajstić information content (AvgIpc) is 2.94. The molecular weight excluding hydrogens is 254 g/mol. The van der Waals surface area contributed by atoms with Gasteiger partial charge in [-0.1, -0.05) is 17.3 Å². The smallest absolute Gasteiger partial charge is 0.247 e. The number of aromatic nitrogens is 2. The van der Waals surface area contributed by atoms with E-state index in [4.69, 9.17) is 15.0 Å². The number of benzene rings is 1. The van der Waals surface area contributed by atoms with Crippen molar-refractivity contribution in [2.75, 3.05) is 7.11 Å². The zero-order valence-electron chi connectivity index (χ0n) is 9.92. The Morgan fingerprint density at radius 1 is 1.39 bits per heavy atom. The molecule has 0 bridgehead atoms. The maximum atomic E-state index is 5.99. The molecule has 0 atom stereocenters. The van der Waals surface area contributed by atoms with Crippen LogP contribution in [0.4, 0.5) is 0 Å². The second-order valence-corrected chi connectivity index (χ2v) is 4.31. The first kappa shape index (κ1) is 12.9. The van der Waals surface area contributed by atoms with E-state index in [0.717, 1.165) is 24.2 Å². The van der Waals surface area contributed by atoms with Crippen LogP contribution < -0.4 is 10.5 Å². The highest BCUT2D eigenvalue weighted by Crippen LogP contribution is 2.42. The first-order valence-electron chi connectivity index (χ1n) is 5.49. The lowest BCUT2D eigenvalue weighted by Crippen LogP contribution is -2.18. The van der Waals surface area contributed by atoms with Crippen LogP contribution in [0.2, 0.25) is 0 Å². The highest BCUT2D eigenvalue weighted by Gasteiger charge is 2.45. The number of hydrogen-bond donors (Lipinski definition) is 1. The van der Waals surface area contributed by atoms with Crippen LogP contribution in [0.1, 0.15) is 18.7 Å². The molecule has 1 aliphatic rings. The number of halogens is 1. The number of rotatable bonds is 3. The Balaban J connectivity index is 0.00000120. The van der Waals surface area contributed by atoms with Crippen molar-refractivity contribution in [3.05, 3.63) is 30.2 Å². The Bertz CT molecular complexity index is 552. The van der Waals surface area contributed by atoms with Crippen molar-refractivity contribution in [1.29, 1.82) is 0 Å². The van der Waals surface area contributed by atoms with Gasteiger partial charge >= 0.3 is 0 Å². The van der Waals surface area contributed by atoms with Gasteiger partial charge in [0, 0.05) is 5.56 Å². The Morgan fingerprint density at radius 3 is 2.83 bits per heavy atom. The number of nitrogens with zero attached hydrogens (tertiary/aromatic N) is 2. The summed E-state index contributed by atoms with van der Waals surface area (Å²) in [4.78, 5) is 4.33. The van der Waals surface area contributed by atoms with Crippen molar-refractivity contribution in [1.82, 2.24) is 10.1 Å². The zero-order chi connectivity index (χ0) is 11.9. The van der Waals surface area contributed by atoms with Gasteiger partial charge in [0.1, 0.15) is 5.75 Å². The van der Waals surface area contributed by atoms with Crippen molar-refractivity contribution in [3.8, 4) is 17.1 Å². The molecule has 1 heterocycles. The maximum absolute atomic E-state index is 5.99. The van der Waals surface area contributed by atoms with Crippen LogP contribution in [0.25, 0.3) is 11.4 Å². The predicted molar refractivity (Wildman–Crippen MR) is 68.6 cm³/mol. The van der Waals surface area contributed by atoms with Crippen molar-refractivity contribution in [2.24, 2.45) is 5.73 Å². The predicted octanol–water partition coefficient (Wildman–Crippen LogP) is 2.11. The summed E-state index contributed by atoms with van der Waals surface area (Å²) >= 11 is 0. The van der Waals surface area contributed by atoms with Crippen molar-refractivity contribution >= 4 is 12.4 Å². The summed E-state index contributed by atoms with van der Waals surface area (Å²) in [6.45, 7) is 0. The molecule has 3 rings (SSSR count). The summed E-state index contributed by atoms with van der Waals surface area (Å²) in [7, 11) is 1.62. The molecule has 0 amide bonds. The molecular formula is C12H14ClN3O2. The lowest BCUT2D eigenvalue weighted by atomic mass is 10.2. The van der Waals surface area contributed by atoms with Gasteiger partial charge < -0.3 is 15.0 Å². The van der Waals surface area contributed by atoms with Gasteiger partial charge in [-0.25, -0.2) is 0 Å². The number of methoxy groups -OCH3 is 1.